The van der Waals surface area contributed by atoms with Crippen molar-refractivity contribution in [3.05, 3.63) is 53.4 Å². The number of aliphatic carboxylic acids is 1. The van der Waals surface area contributed by atoms with E-state index in [-0.39, 0.29) is 11.6 Å². The number of nitrogens with one attached hydrogen (secondary N) is 1. The number of carboxylic acid groups (broad SMARTS) is 1. The summed E-state index contributed by atoms with van der Waals surface area (Å²) in [5, 5.41) is 25.6. The maximum Gasteiger partial charge on any atom is 0.490 e. The fourth-order valence-electron chi connectivity index (χ4n) is 2.13. The molecule has 0 saturated heterocycles. The monoisotopic (exact) mass is 382 g/mol. The quantitative estimate of drug-likeness (QED) is 0.394. The topological polar surface area (TPSA) is 107 Å². The third-order valence-corrected chi connectivity index (χ3v) is 4.40. The number of phenolic OH excluding ortho intramolecular Hbond substituents is 1. The minimum Gasteiger partial charge on any atom is -0.507 e. The number of thiophene rings is 1. The van der Waals surface area contributed by atoms with Gasteiger partial charge in [0.1, 0.15) is 11.6 Å². The predicted octanol–water partition coefficient (Wildman–Crippen LogP) is 4.19. The van der Waals surface area contributed by atoms with Crippen LogP contribution in [-0.4, -0.2) is 28.2 Å². The Kier molecular flexibility index (Phi) is 5.51. The van der Waals surface area contributed by atoms with Gasteiger partial charge in [-0.1, -0.05) is 30.3 Å². The Morgan fingerprint density at radius 1 is 1.08 bits per heavy atom. The van der Waals surface area contributed by atoms with Gasteiger partial charge in [-0.2, -0.15) is 13.2 Å². The predicted molar refractivity (Wildman–Crippen MR) is 93.6 cm³/mol. The Hall–Kier alpha value is -3.07. The van der Waals surface area contributed by atoms with Gasteiger partial charge in [0.25, 0.3) is 0 Å². The van der Waals surface area contributed by atoms with Crippen LogP contribution in [0.3, 0.4) is 0 Å². The number of nitrogen functional groups attached to an aromatic ring is 1. The molecule has 3 aromatic rings. The van der Waals surface area contributed by atoms with E-state index in [1.807, 2.05) is 36.4 Å². The summed E-state index contributed by atoms with van der Waals surface area (Å²) in [6.45, 7) is 0. The van der Waals surface area contributed by atoms with E-state index < -0.39 is 12.1 Å². The average Bonchev–Trinajstić information content (AvgIpc) is 2.99. The number of phenols is 1. The third-order valence-electron chi connectivity index (χ3n) is 3.26. The molecule has 5 nitrogen and oxygen atoms in total. The van der Waals surface area contributed by atoms with E-state index in [9.17, 15) is 18.3 Å². The number of fused-ring (bicyclic) bond motifs is 1. The number of carboxylic acids is 1. The summed E-state index contributed by atoms with van der Waals surface area (Å²) >= 11 is 1.49. The molecule has 5 N–H and O–H groups in total. The van der Waals surface area contributed by atoms with Gasteiger partial charge in [0.15, 0.2) is 0 Å². The van der Waals surface area contributed by atoms with Crippen molar-refractivity contribution < 1.29 is 28.2 Å². The number of amidine groups is 1. The zero-order valence-corrected chi connectivity index (χ0v) is 13.9. The van der Waals surface area contributed by atoms with Crippen molar-refractivity contribution in [2.75, 3.05) is 0 Å². The number of aromatic hydroxyl groups is 1. The summed E-state index contributed by atoms with van der Waals surface area (Å²) in [7, 11) is 0. The van der Waals surface area contributed by atoms with Crippen molar-refractivity contribution in [1.82, 2.24) is 0 Å². The molecule has 0 unspecified atom stereocenters. The minimum atomic E-state index is -5.08. The molecule has 0 amide bonds. The second kappa shape index (κ2) is 7.44. The number of benzene rings is 2. The molecule has 1 aromatic heterocycles. The molecular weight excluding hydrogens is 369 g/mol. The smallest absolute Gasteiger partial charge is 0.490 e. The number of hydrogen-bond acceptors (Lipinski definition) is 4. The molecule has 0 fully saturated rings. The van der Waals surface area contributed by atoms with Crippen molar-refractivity contribution in [2.24, 2.45) is 5.73 Å². The number of rotatable bonds is 2. The molecule has 1 heterocycles. The van der Waals surface area contributed by atoms with E-state index in [1.54, 1.807) is 12.1 Å². The van der Waals surface area contributed by atoms with Crippen molar-refractivity contribution >= 4 is 33.2 Å². The lowest BCUT2D eigenvalue weighted by atomic mass is 10.0. The van der Waals surface area contributed by atoms with E-state index in [4.69, 9.17) is 21.0 Å². The van der Waals surface area contributed by atoms with E-state index in [1.165, 1.54) is 11.3 Å². The number of hydrogen-bond donors (Lipinski definition) is 4. The van der Waals surface area contributed by atoms with E-state index in [2.05, 4.69) is 0 Å². The highest BCUT2D eigenvalue weighted by atomic mass is 32.1. The first-order valence-corrected chi connectivity index (χ1v) is 7.88. The van der Waals surface area contributed by atoms with E-state index in [0.717, 1.165) is 26.1 Å². The largest absolute Gasteiger partial charge is 0.507 e. The lowest BCUT2D eigenvalue weighted by Gasteiger charge is -2.05. The van der Waals surface area contributed by atoms with Gasteiger partial charge in [0, 0.05) is 15.6 Å². The number of alkyl halides is 3. The normalized spacial score (nSPS) is 10.9. The van der Waals surface area contributed by atoms with Gasteiger partial charge >= 0.3 is 12.1 Å². The van der Waals surface area contributed by atoms with Crippen LogP contribution in [-0.2, 0) is 4.79 Å². The van der Waals surface area contributed by atoms with E-state index >= 15 is 0 Å². The Morgan fingerprint density at radius 2 is 1.65 bits per heavy atom. The molecular formula is C17H13F3N2O3S. The molecule has 0 radical (unpaired) electrons. The van der Waals surface area contributed by atoms with Crippen molar-refractivity contribution in [3.8, 4) is 16.9 Å². The highest BCUT2D eigenvalue weighted by Gasteiger charge is 2.38. The van der Waals surface area contributed by atoms with Crippen molar-refractivity contribution in [1.29, 1.82) is 5.41 Å². The van der Waals surface area contributed by atoms with Crippen LogP contribution in [0.25, 0.3) is 21.2 Å². The fraction of sp³-hybridized carbons (Fsp3) is 0.0588. The van der Waals surface area contributed by atoms with Crippen molar-refractivity contribution in [2.45, 2.75) is 6.18 Å². The van der Waals surface area contributed by atoms with Crippen LogP contribution in [0.1, 0.15) is 4.88 Å². The van der Waals surface area contributed by atoms with Crippen molar-refractivity contribution in [3.63, 3.8) is 0 Å². The standard InChI is InChI=1S/C15H12N2OS.C2HF3O2/c16-15(17)14-8-11-9(5-3-7-13(11)19-14)10-4-1-2-6-12(10)18;3-2(4,5)1(6)7/h1-8,18H,(H3,16,17);(H,6,7). The second-order valence-corrected chi connectivity index (χ2v) is 6.15. The van der Waals surface area contributed by atoms with Crippen LogP contribution < -0.4 is 5.73 Å². The SMILES string of the molecule is N=C(N)c1cc2c(-c3ccccc3O)cccc2s1.O=C(O)C(F)(F)F. The van der Waals surface area contributed by atoms with E-state index in [0.29, 0.717) is 0 Å². The van der Waals surface area contributed by atoms with Gasteiger partial charge in [-0.25, -0.2) is 4.79 Å². The molecule has 0 aliphatic heterocycles. The summed E-state index contributed by atoms with van der Waals surface area (Å²) in [6.07, 6.45) is -5.08. The minimum absolute atomic E-state index is 0.0735. The van der Waals surface area contributed by atoms with Crippen LogP contribution in [0, 0.1) is 5.41 Å². The summed E-state index contributed by atoms with van der Waals surface area (Å²) in [5.41, 5.74) is 7.29. The first-order chi connectivity index (χ1) is 12.1. The maximum atomic E-state index is 10.6. The molecule has 9 heteroatoms. The van der Waals surface area contributed by atoms with Crippen LogP contribution in [0.4, 0.5) is 13.2 Å². The van der Waals surface area contributed by atoms with Gasteiger partial charge in [-0.15, -0.1) is 11.3 Å². The summed E-state index contributed by atoms with van der Waals surface area (Å²) in [4.78, 5) is 9.64. The maximum absolute atomic E-state index is 10.6. The lowest BCUT2D eigenvalue weighted by molar-refractivity contribution is -0.192. The molecule has 3 rings (SSSR count). The third kappa shape index (κ3) is 4.31. The molecule has 0 bridgehead atoms. The van der Waals surface area contributed by atoms with Gasteiger partial charge < -0.3 is 15.9 Å². The molecule has 2 aromatic carbocycles. The summed E-state index contributed by atoms with van der Waals surface area (Å²) in [5.74, 6) is -2.43. The molecule has 0 spiro atoms. The van der Waals surface area contributed by atoms with Crippen LogP contribution in [0.5, 0.6) is 5.75 Å². The van der Waals surface area contributed by atoms with Crippen LogP contribution in [0.15, 0.2) is 48.5 Å². The fourth-order valence-corrected chi connectivity index (χ4v) is 3.08. The van der Waals surface area contributed by atoms with Gasteiger partial charge in [0.05, 0.1) is 4.88 Å². The first-order valence-electron chi connectivity index (χ1n) is 7.06. The van der Waals surface area contributed by atoms with Gasteiger partial charge in [-0.3, -0.25) is 5.41 Å². The Bertz CT molecular complexity index is 967. The zero-order valence-electron chi connectivity index (χ0n) is 13.0. The Labute approximate surface area is 149 Å². The number of nitrogens with two attached hydrogens (primary N) is 1. The van der Waals surface area contributed by atoms with Crippen LogP contribution in [0.2, 0.25) is 0 Å². The highest BCUT2D eigenvalue weighted by molar-refractivity contribution is 7.20. The molecule has 0 aliphatic rings. The zero-order chi connectivity index (χ0) is 19.5. The molecule has 0 aliphatic carbocycles. The second-order valence-electron chi connectivity index (χ2n) is 5.06. The highest BCUT2D eigenvalue weighted by Crippen LogP contribution is 2.37. The van der Waals surface area contributed by atoms with Crippen LogP contribution >= 0.6 is 11.3 Å². The lowest BCUT2D eigenvalue weighted by Crippen LogP contribution is -2.21. The number of para-hydroxylation sites is 1. The number of halogens is 3. The summed E-state index contributed by atoms with van der Waals surface area (Å²) < 4.78 is 32.8. The van der Waals surface area contributed by atoms with Gasteiger partial charge in [0.2, 0.25) is 0 Å². The van der Waals surface area contributed by atoms with Gasteiger partial charge in [-0.05, 0) is 23.8 Å². The molecule has 0 atom stereocenters. The molecule has 0 saturated carbocycles. The molecule has 26 heavy (non-hydrogen) atoms. The first kappa shape index (κ1) is 19.3. The Balaban J connectivity index is 0.000000298. The average molecular weight is 382 g/mol. The Morgan fingerprint density at radius 3 is 2.19 bits per heavy atom. The summed E-state index contributed by atoms with van der Waals surface area (Å²) in [6, 6.07) is 15.1. The number of carbonyl (C=O) groups is 1. The molecule has 136 valence electrons.